The first-order valence-corrected chi connectivity index (χ1v) is 13.0. The van der Waals surface area contributed by atoms with Crippen LogP contribution in [0.1, 0.15) is 74.2 Å². The lowest BCUT2D eigenvalue weighted by Gasteiger charge is -2.28. The molecule has 8 nitrogen and oxygen atoms in total. The minimum atomic E-state index is -0.124. The molecule has 33 heavy (non-hydrogen) atoms. The van der Waals surface area contributed by atoms with Gasteiger partial charge in [0.1, 0.15) is 11.9 Å². The van der Waals surface area contributed by atoms with Crippen LogP contribution in [0.3, 0.4) is 0 Å². The van der Waals surface area contributed by atoms with Crippen molar-refractivity contribution in [3.05, 3.63) is 23.0 Å². The van der Waals surface area contributed by atoms with E-state index in [0.717, 1.165) is 93.7 Å². The molecule has 2 saturated heterocycles. The zero-order chi connectivity index (χ0) is 21.9. The number of nitrogens with zero attached hydrogens (tertiary/aromatic N) is 5. The molecule has 0 aromatic carbocycles. The first-order chi connectivity index (χ1) is 16.2. The van der Waals surface area contributed by atoms with Crippen LogP contribution >= 0.6 is 0 Å². The number of carbonyl (C=O) groups is 1. The number of anilines is 3. The second-order valence-corrected chi connectivity index (χ2v) is 10.8. The van der Waals surface area contributed by atoms with Gasteiger partial charge in [0, 0.05) is 42.9 Å². The molecule has 8 heteroatoms. The van der Waals surface area contributed by atoms with Crippen molar-refractivity contribution in [1.29, 1.82) is 0 Å². The SMILES string of the molecule is O=C([C@H]1CCCN1c1nc2c(c(Nc3cc(C4CC5CC5C4)[nH]n3)n1)CCC2)N1CCCC1. The number of fused-ring (bicyclic) bond motifs is 2. The number of hydrogen-bond donors (Lipinski definition) is 2. The normalized spacial score (nSPS) is 30.1. The highest BCUT2D eigenvalue weighted by Crippen LogP contribution is 2.57. The highest BCUT2D eigenvalue weighted by molar-refractivity contribution is 5.85. The van der Waals surface area contributed by atoms with Crippen LogP contribution in [0.4, 0.5) is 17.6 Å². The lowest BCUT2D eigenvalue weighted by Crippen LogP contribution is -2.45. The number of aromatic amines is 1. The molecule has 2 unspecified atom stereocenters. The van der Waals surface area contributed by atoms with Crippen LogP contribution in [0, 0.1) is 11.8 Å². The van der Waals surface area contributed by atoms with Crippen LogP contribution in [-0.2, 0) is 17.6 Å². The molecule has 2 aromatic heterocycles. The highest BCUT2D eigenvalue weighted by atomic mass is 16.2. The van der Waals surface area contributed by atoms with Crippen molar-refractivity contribution in [2.75, 3.05) is 29.9 Å². The van der Waals surface area contributed by atoms with E-state index in [4.69, 9.17) is 9.97 Å². The lowest BCUT2D eigenvalue weighted by atomic mass is 10.00. The number of aromatic nitrogens is 4. The fourth-order valence-electron chi connectivity index (χ4n) is 6.76. The molecule has 2 aromatic rings. The van der Waals surface area contributed by atoms with Crippen LogP contribution in [0.5, 0.6) is 0 Å². The Labute approximate surface area is 194 Å². The minimum Gasteiger partial charge on any atom is -0.341 e. The number of likely N-dealkylation sites (tertiary alicyclic amines) is 1. The second-order valence-electron chi connectivity index (χ2n) is 10.8. The van der Waals surface area contributed by atoms with E-state index in [1.807, 2.05) is 4.90 Å². The molecule has 2 N–H and O–H groups in total. The molecule has 7 rings (SSSR count). The Balaban J connectivity index is 1.15. The maximum absolute atomic E-state index is 13.2. The van der Waals surface area contributed by atoms with E-state index in [0.29, 0.717) is 11.9 Å². The summed E-state index contributed by atoms with van der Waals surface area (Å²) in [4.78, 5) is 27.3. The van der Waals surface area contributed by atoms with E-state index in [9.17, 15) is 4.79 Å². The van der Waals surface area contributed by atoms with Crippen molar-refractivity contribution in [2.24, 2.45) is 11.8 Å². The van der Waals surface area contributed by atoms with Gasteiger partial charge in [0.15, 0.2) is 5.82 Å². The summed E-state index contributed by atoms with van der Waals surface area (Å²) in [5.74, 6) is 5.23. The monoisotopic (exact) mass is 447 g/mol. The van der Waals surface area contributed by atoms with Gasteiger partial charge in [0.25, 0.3) is 0 Å². The third kappa shape index (κ3) is 3.49. The average Bonchev–Trinajstić information content (AvgIpc) is 3.52. The zero-order valence-corrected chi connectivity index (χ0v) is 19.2. The molecule has 2 saturated carbocycles. The third-order valence-corrected chi connectivity index (χ3v) is 8.66. The summed E-state index contributed by atoms with van der Waals surface area (Å²) < 4.78 is 0. The van der Waals surface area contributed by atoms with Crippen molar-refractivity contribution >= 4 is 23.5 Å². The van der Waals surface area contributed by atoms with Crippen molar-refractivity contribution in [1.82, 2.24) is 25.1 Å². The van der Waals surface area contributed by atoms with E-state index in [-0.39, 0.29) is 11.9 Å². The number of nitrogens with one attached hydrogen (secondary N) is 2. The van der Waals surface area contributed by atoms with Gasteiger partial charge in [-0.25, -0.2) is 4.98 Å². The zero-order valence-electron chi connectivity index (χ0n) is 19.2. The van der Waals surface area contributed by atoms with Gasteiger partial charge in [-0.05, 0) is 76.0 Å². The molecular weight excluding hydrogens is 414 g/mol. The largest absolute Gasteiger partial charge is 0.341 e. The molecule has 3 aliphatic carbocycles. The Morgan fingerprint density at radius 1 is 1.00 bits per heavy atom. The minimum absolute atomic E-state index is 0.124. The summed E-state index contributed by atoms with van der Waals surface area (Å²) in [6.45, 7) is 2.63. The van der Waals surface area contributed by atoms with E-state index in [1.165, 1.54) is 30.5 Å². The number of rotatable bonds is 5. The maximum atomic E-state index is 13.2. The van der Waals surface area contributed by atoms with Crippen molar-refractivity contribution in [3.63, 3.8) is 0 Å². The number of aryl methyl sites for hydroxylation is 1. The Kier molecular flexibility index (Phi) is 4.62. The van der Waals surface area contributed by atoms with Crippen molar-refractivity contribution in [2.45, 2.75) is 76.2 Å². The van der Waals surface area contributed by atoms with Gasteiger partial charge in [-0.15, -0.1) is 0 Å². The molecule has 5 aliphatic rings. The molecule has 4 heterocycles. The molecule has 0 bridgehead atoms. The lowest BCUT2D eigenvalue weighted by molar-refractivity contribution is -0.131. The topological polar surface area (TPSA) is 90.0 Å². The van der Waals surface area contributed by atoms with Crippen LogP contribution in [-0.4, -0.2) is 56.6 Å². The standard InChI is InChI=1S/C25H33N7O/c33-24(31-8-1-2-9-31)21-7-4-10-32(21)25-26-19-6-3-5-18(19)23(28-25)27-22-14-20(29-30-22)17-12-15-11-16(15)13-17/h14-17,21H,1-13H2,(H2,26,27,28,29,30)/t15?,16?,17?,21-/m1/s1. The average molecular weight is 448 g/mol. The van der Waals surface area contributed by atoms with Gasteiger partial charge in [0.05, 0.1) is 5.69 Å². The van der Waals surface area contributed by atoms with Crippen molar-refractivity contribution in [3.8, 4) is 0 Å². The Morgan fingerprint density at radius 3 is 2.70 bits per heavy atom. The molecule has 0 spiro atoms. The van der Waals surface area contributed by atoms with E-state index in [2.05, 4.69) is 26.5 Å². The third-order valence-electron chi connectivity index (χ3n) is 8.66. The van der Waals surface area contributed by atoms with Crippen LogP contribution < -0.4 is 10.2 Å². The van der Waals surface area contributed by atoms with Gasteiger partial charge in [0.2, 0.25) is 11.9 Å². The van der Waals surface area contributed by atoms with E-state index in [1.54, 1.807) is 0 Å². The Morgan fingerprint density at radius 2 is 1.85 bits per heavy atom. The second kappa shape index (κ2) is 7.71. The molecule has 3 atom stereocenters. The van der Waals surface area contributed by atoms with Crippen LogP contribution in [0.2, 0.25) is 0 Å². The summed E-state index contributed by atoms with van der Waals surface area (Å²) in [6.07, 6.45) is 11.3. The van der Waals surface area contributed by atoms with Gasteiger partial charge < -0.3 is 15.1 Å². The molecule has 4 fully saturated rings. The van der Waals surface area contributed by atoms with Crippen molar-refractivity contribution < 1.29 is 4.79 Å². The number of hydrogen-bond acceptors (Lipinski definition) is 6. The molecule has 1 amide bonds. The Bertz CT molecular complexity index is 1060. The summed E-state index contributed by atoms with van der Waals surface area (Å²) in [6, 6.07) is 2.05. The van der Waals surface area contributed by atoms with Gasteiger partial charge >= 0.3 is 0 Å². The summed E-state index contributed by atoms with van der Waals surface area (Å²) in [5, 5.41) is 11.4. The Hall–Kier alpha value is -2.64. The van der Waals surface area contributed by atoms with Crippen LogP contribution in [0.25, 0.3) is 0 Å². The molecule has 174 valence electrons. The smallest absolute Gasteiger partial charge is 0.245 e. The highest BCUT2D eigenvalue weighted by Gasteiger charge is 2.46. The predicted octanol–water partition coefficient (Wildman–Crippen LogP) is 3.54. The van der Waals surface area contributed by atoms with Gasteiger partial charge in [-0.3, -0.25) is 9.89 Å². The molecular formula is C25H33N7O. The number of H-pyrrole nitrogens is 1. The quantitative estimate of drug-likeness (QED) is 0.729. The molecule has 2 aliphatic heterocycles. The van der Waals surface area contributed by atoms with E-state index < -0.39 is 0 Å². The van der Waals surface area contributed by atoms with E-state index >= 15 is 0 Å². The summed E-state index contributed by atoms with van der Waals surface area (Å²) >= 11 is 0. The number of amides is 1. The van der Waals surface area contributed by atoms with Gasteiger partial charge in [-0.1, -0.05) is 0 Å². The first kappa shape index (κ1) is 19.8. The predicted molar refractivity (Wildman–Crippen MR) is 126 cm³/mol. The fraction of sp³-hybridized carbons (Fsp3) is 0.680. The summed E-state index contributed by atoms with van der Waals surface area (Å²) in [7, 11) is 0. The fourth-order valence-corrected chi connectivity index (χ4v) is 6.76. The molecule has 0 radical (unpaired) electrons. The first-order valence-electron chi connectivity index (χ1n) is 13.0. The maximum Gasteiger partial charge on any atom is 0.245 e. The van der Waals surface area contributed by atoms with Gasteiger partial charge in [-0.2, -0.15) is 10.1 Å². The summed E-state index contributed by atoms with van der Waals surface area (Å²) in [5.41, 5.74) is 3.60. The number of carbonyl (C=O) groups excluding carboxylic acids is 1. The van der Waals surface area contributed by atoms with Crippen LogP contribution in [0.15, 0.2) is 6.07 Å².